The fraction of sp³-hybridized carbons (Fsp3) is 0.433. The number of aryl methyl sites for hydroxylation is 1. The molecule has 1 aromatic carbocycles. The lowest BCUT2D eigenvalue weighted by atomic mass is 9.95. The minimum absolute atomic E-state index is 0.0187. The van der Waals surface area contributed by atoms with Gasteiger partial charge in [0.2, 0.25) is 0 Å². The van der Waals surface area contributed by atoms with Crippen LogP contribution in [0.4, 0.5) is 0 Å². The summed E-state index contributed by atoms with van der Waals surface area (Å²) in [5.74, 6) is -0.535. The number of aromatic nitrogens is 2. The summed E-state index contributed by atoms with van der Waals surface area (Å²) < 4.78 is 18.8. The van der Waals surface area contributed by atoms with Crippen LogP contribution < -0.4 is 9.47 Å². The van der Waals surface area contributed by atoms with Crippen molar-refractivity contribution in [1.29, 1.82) is 0 Å². The number of carbonyl (C=O) groups is 2. The summed E-state index contributed by atoms with van der Waals surface area (Å²) in [5.41, 5.74) is 2.22. The number of ketones is 1. The number of amides is 1. The van der Waals surface area contributed by atoms with Gasteiger partial charge in [-0.2, -0.15) is 0 Å². The molecular formula is C30H37N3O6. The highest BCUT2D eigenvalue weighted by molar-refractivity contribution is 6.46. The molecule has 1 aliphatic rings. The van der Waals surface area contributed by atoms with Gasteiger partial charge in [-0.25, -0.2) is 4.98 Å². The van der Waals surface area contributed by atoms with Crippen LogP contribution >= 0.6 is 0 Å². The van der Waals surface area contributed by atoms with Gasteiger partial charge in [0.05, 0.1) is 30.5 Å². The number of aliphatic hydroxyl groups is 1. The number of benzene rings is 1. The number of nitrogens with zero attached hydrogens (tertiary/aromatic N) is 3. The highest BCUT2D eigenvalue weighted by atomic mass is 16.5. The fourth-order valence-corrected chi connectivity index (χ4v) is 4.98. The number of Topliss-reactive ketones (excluding diaryl/α,β-unsaturated/α-hetero) is 1. The van der Waals surface area contributed by atoms with Gasteiger partial charge in [-0.15, -0.1) is 0 Å². The lowest BCUT2D eigenvalue weighted by Gasteiger charge is -2.26. The lowest BCUT2D eigenvalue weighted by Crippen LogP contribution is -2.31. The van der Waals surface area contributed by atoms with E-state index in [9.17, 15) is 14.7 Å². The topological polar surface area (TPSA) is 103 Å². The number of aliphatic hydroxyl groups excluding tert-OH is 1. The number of imidazole rings is 1. The van der Waals surface area contributed by atoms with Crippen molar-refractivity contribution in [2.75, 3.05) is 33.5 Å². The summed E-state index contributed by atoms with van der Waals surface area (Å²) >= 11 is 0. The van der Waals surface area contributed by atoms with Gasteiger partial charge in [0.25, 0.3) is 11.7 Å². The van der Waals surface area contributed by atoms with E-state index in [1.165, 1.54) is 4.90 Å². The minimum atomic E-state index is -0.816. The van der Waals surface area contributed by atoms with Crippen LogP contribution in [0.2, 0.25) is 0 Å². The maximum atomic E-state index is 13.5. The zero-order valence-corrected chi connectivity index (χ0v) is 23.1. The van der Waals surface area contributed by atoms with Gasteiger partial charge in [-0.3, -0.25) is 14.0 Å². The number of ether oxygens (including phenoxy) is 3. The van der Waals surface area contributed by atoms with E-state index < -0.39 is 17.7 Å². The number of hydrogen-bond acceptors (Lipinski definition) is 7. The van der Waals surface area contributed by atoms with Crippen LogP contribution in [0.25, 0.3) is 11.4 Å². The average Bonchev–Trinajstić information content (AvgIpc) is 3.40. The van der Waals surface area contributed by atoms with Gasteiger partial charge in [-0.05, 0) is 56.5 Å². The number of likely N-dealkylation sites (tertiary alicyclic amines) is 1. The van der Waals surface area contributed by atoms with E-state index in [4.69, 9.17) is 14.2 Å². The van der Waals surface area contributed by atoms with Gasteiger partial charge in [0, 0.05) is 26.5 Å². The van der Waals surface area contributed by atoms with Crippen LogP contribution in [-0.2, 0) is 14.3 Å². The third kappa shape index (κ3) is 5.78. The van der Waals surface area contributed by atoms with E-state index in [-0.39, 0.29) is 17.9 Å². The lowest BCUT2D eigenvalue weighted by molar-refractivity contribution is -0.140. The first-order valence-corrected chi connectivity index (χ1v) is 13.5. The third-order valence-electron chi connectivity index (χ3n) is 6.80. The molecule has 9 heteroatoms. The van der Waals surface area contributed by atoms with Gasteiger partial charge < -0.3 is 24.2 Å². The van der Waals surface area contributed by atoms with Crippen LogP contribution in [0.1, 0.15) is 62.5 Å². The van der Waals surface area contributed by atoms with Gasteiger partial charge >= 0.3 is 0 Å². The summed E-state index contributed by atoms with van der Waals surface area (Å²) in [6.07, 6.45) is 5.40. The third-order valence-corrected chi connectivity index (χ3v) is 6.80. The molecular weight excluding hydrogens is 498 g/mol. The molecule has 3 aromatic rings. The number of unbranched alkanes of at least 4 members (excludes halogenated alkanes) is 2. The molecule has 3 heterocycles. The van der Waals surface area contributed by atoms with Gasteiger partial charge in [0.15, 0.2) is 17.3 Å². The van der Waals surface area contributed by atoms with E-state index in [1.807, 2.05) is 31.2 Å². The summed E-state index contributed by atoms with van der Waals surface area (Å²) in [7, 11) is 1.59. The molecule has 1 N–H and O–H groups in total. The molecule has 39 heavy (non-hydrogen) atoms. The zero-order chi connectivity index (χ0) is 27.9. The highest BCUT2D eigenvalue weighted by Gasteiger charge is 2.46. The minimum Gasteiger partial charge on any atom is -0.505 e. The van der Waals surface area contributed by atoms with Crippen molar-refractivity contribution in [3.63, 3.8) is 0 Å². The number of fused-ring (bicyclic) bond motifs is 1. The van der Waals surface area contributed by atoms with Crippen molar-refractivity contribution in [3.8, 4) is 11.5 Å². The summed E-state index contributed by atoms with van der Waals surface area (Å²) in [5, 5.41) is 11.6. The molecule has 0 bridgehead atoms. The number of carbonyl (C=O) groups excluding carboxylic acids is 2. The second kappa shape index (κ2) is 12.8. The normalized spacial score (nSPS) is 16.8. The second-order valence-corrected chi connectivity index (χ2v) is 9.51. The monoisotopic (exact) mass is 535 g/mol. The standard InChI is InChI=1S/C30H37N3O6/c1-5-7-10-18-39-22-14-13-21(19-23(22)38-6-2)27-25(29(35)30(36)33(27)16-11-17-37-4)28(34)26-20(3)31-24-12-8-9-15-32(24)26/h8-9,12-15,19,27,34H,5-7,10-11,16-18H2,1-4H3. The first-order chi connectivity index (χ1) is 18.9. The molecule has 1 unspecified atom stereocenters. The van der Waals surface area contributed by atoms with E-state index in [0.29, 0.717) is 60.3 Å². The van der Waals surface area contributed by atoms with Crippen molar-refractivity contribution >= 4 is 23.1 Å². The first-order valence-electron chi connectivity index (χ1n) is 13.5. The Morgan fingerprint density at radius 3 is 2.59 bits per heavy atom. The Balaban J connectivity index is 1.83. The predicted octanol–water partition coefficient (Wildman–Crippen LogP) is 5.07. The van der Waals surface area contributed by atoms with Crippen LogP contribution in [0.3, 0.4) is 0 Å². The summed E-state index contributed by atoms with van der Waals surface area (Å²) in [6, 6.07) is 10.1. The quantitative estimate of drug-likeness (QED) is 0.141. The largest absolute Gasteiger partial charge is 0.505 e. The Hall–Kier alpha value is -3.85. The molecule has 1 aliphatic heterocycles. The maximum absolute atomic E-state index is 13.5. The average molecular weight is 536 g/mol. The van der Waals surface area contributed by atoms with Crippen molar-refractivity contribution in [2.45, 2.75) is 52.5 Å². The van der Waals surface area contributed by atoms with E-state index in [0.717, 1.165) is 19.3 Å². The molecule has 1 atom stereocenters. The van der Waals surface area contributed by atoms with Crippen LogP contribution in [0.5, 0.6) is 11.5 Å². The van der Waals surface area contributed by atoms with E-state index in [2.05, 4.69) is 11.9 Å². The molecule has 208 valence electrons. The molecule has 9 nitrogen and oxygen atoms in total. The fourth-order valence-electron chi connectivity index (χ4n) is 4.98. The Morgan fingerprint density at radius 1 is 1.03 bits per heavy atom. The Kier molecular flexibility index (Phi) is 9.24. The van der Waals surface area contributed by atoms with Crippen molar-refractivity contribution in [2.24, 2.45) is 0 Å². The van der Waals surface area contributed by atoms with Crippen LogP contribution in [0, 0.1) is 6.92 Å². The zero-order valence-electron chi connectivity index (χ0n) is 23.1. The van der Waals surface area contributed by atoms with Crippen LogP contribution in [-0.4, -0.2) is 64.6 Å². The molecule has 1 amide bonds. The van der Waals surface area contributed by atoms with Gasteiger partial charge in [-0.1, -0.05) is 31.9 Å². The van der Waals surface area contributed by atoms with Crippen molar-refractivity contribution < 1.29 is 28.9 Å². The predicted molar refractivity (Wildman–Crippen MR) is 148 cm³/mol. The number of methoxy groups -OCH3 is 1. The SMILES string of the molecule is CCCCCOc1ccc(C2C(=C(O)c3c(C)nc4ccccn34)C(=O)C(=O)N2CCCOC)cc1OCC. The molecule has 1 fully saturated rings. The Bertz CT molecular complexity index is 1360. The molecule has 0 spiro atoms. The highest BCUT2D eigenvalue weighted by Crippen LogP contribution is 2.42. The first kappa shape index (κ1) is 28.2. The number of rotatable bonds is 13. The van der Waals surface area contributed by atoms with Crippen molar-refractivity contribution in [3.05, 3.63) is 65.1 Å². The molecule has 4 rings (SSSR count). The molecule has 0 radical (unpaired) electrons. The van der Waals surface area contributed by atoms with Gasteiger partial charge in [0.1, 0.15) is 11.3 Å². The van der Waals surface area contributed by atoms with E-state index >= 15 is 0 Å². The van der Waals surface area contributed by atoms with Crippen molar-refractivity contribution in [1.82, 2.24) is 14.3 Å². The summed E-state index contributed by atoms with van der Waals surface area (Å²) in [6.45, 7) is 7.49. The molecule has 0 saturated carbocycles. The number of hydrogen-bond donors (Lipinski definition) is 1. The molecule has 1 saturated heterocycles. The molecule has 0 aliphatic carbocycles. The second-order valence-electron chi connectivity index (χ2n) is 9.51. The maximum Gasteiger partial charge on any atom is 0.295 e. The Labute approximate surface area is 229 Å². The molecule has 2 aromatic heterocycles. The summed E-state index contributed by atoms with van der Waals surface area (Å²) in [4.78, 5) is 32.8. The number of pyridine rings is 1. The van der Waals surface area contributed by atoms with E-state index in [1.54, 1.807) is 36.8 Å². The smallest absolute Gasteiger partial charge is 0.295 e. The van der Waals surface area contributed by atoms with Crippen LogP contribution in [0.15, 0.2) is 48.2 Å². The Morgan fingerprint density at radius 2 is 1.85 bits per heavy atom.